The highest BCUT2D eigenvalue weighted by Crippen LogP contribution is 2.33. The molecule has 0 unspecified atom stereocenters. The molecule has 3 heterocycles. The predicted octanol–water partition coefficient (Wildman–Crippen LogP) is 4.22. The van der Waals surface area contributed by atoms with Gasteiger partial charge in [-0.05, 0) is 49.8 Å². The van der Waals surface area contributed by atoms with Gasteiger partial charge in [-0.2, -0.15) is 0 Å². The minimum absolute atomic E-state index is 0.0302. The number of aromatic nitrogens is 1. The highest BCUT2D eigenvalue weighted by molar-refractivity contribution is 7.09. The van der Waals surface area contributed by atoms with E-state index in [-0.39, 0.29) is 17.9 Å². The summed E-state index contributed by atoms with van der Waals surface area (Å²) < 4.78 is 2.04. The van der Waals surface area contributed by atoms with Gasteiger partial charge in [-0.25, -0.2) is 0 Å². The minimum Gasteiger partial charge on any atom is -0.351 e. The number of fused-ring (bicyclic) bond motifs is 3. The van der Waals surface area contributed by atoms with Crippen LogP contribution < -0.4 is 5.32 Å². The highest BCUT2D eigenvalue weighted by Gasteiger charge is 2.48. The molecule has 1 N–H and O–H groups in total. The van der Waals surface area contributed by atoms with Crippen molar-refractivity contribution in [2.24, 2.45) is 0 Å². The van der Waals surface area contributed by atoms with Crippen molar-refractivity contribution in [3.8, 4) is 0 Å². The number of carbonyl (C=O) groups is 2. The topological polar surface area (TPSA) is 54.3 Å². The van der Waals surface area contributed by atoms with Gasteiger partial charge < -0.3 is 14.8 Å². The lowest BCUT2D eigenvalue weighted by Gasteiger charge is -2.44. The largest absolute Gasteiger partial charge is 0.351 e. The molecule has 0 radical (unpaired) electrons. The van der Waals surface area contributed by atoms with Crippen LogP contribution in [-0.2, 0) is 17.8 Å². The van der Waals surface area contributed by atoms with Crippen molar-refractivity contribution < 1.29 is 9.59 Å². The van der Waals surface area contributed by atoms with Crippen LogP contribution in [0.2, 0.25) is 0 Å². The number of carbonyl (C=O) groups excluding carboxylic acids is 2. The van der Waals surface area contributed by atoms with Crippen LogP contribution in [0.25, 0.3) is 10.9 Å². The molecule has 0 spiro atoms. The smallest absolute Gasteiger partial charge is 0.271 e. The lowest BCUT2D eigenvalue weighted by Crippen LogP contribution is -2.65. The van der Waals surface area contributed by atoms with Crippen molar-refractivity contribution in [3.63, 3.8) is 0 Å². The monoisotopic (exact) mass is 421 g/mol. The summed E-state index contributed by atoms with van der Waals surface area (Å²) in [7, 11) is 0. The molecular weight excluding hydrogens is 394 g/mol. The Bertz CT molecular complexity index is 1080. The van der Waals surface area contributed by atoms with Crippen molar-refractivity contribution in [3.05, 3.63) is 58.4 Å². The van der Waals surface area contributed by atoms with Crippen LogP contribution in [0.5, 0.6) is 0 Å². The third-order valence-corrected chi connectivity index (χ3v) is 7.61. The van der Waals surface area contributed by atoms with E-state index in [9.17, 15) is 9.59 Å². The van der Waals surface area contributed by atoms with Gasteiger partial charge in [0.25, 0.3) is 5.91 Å². The van der Waals surface area contributed by atoms with Crippen LogP contribution >= 0.6 is 11.3 Å². The average Bonchev–Trinajstić information content (AvgIpc) is 3.49. The standard InChI is InChI=1S/C24H27N3O2S/c1-24(23(29)25-18-8-3-4-9-18)16-26-20-11-5-2-7-17(20)15-21(26)22(28)27(24)13-12-19-10-6-14-30-19/h2,5-7,10-11,14-15,18H,3-4,8-9,12-13,16H2,1H3,(H,25,29)/t24-/m1/s1. The minimum atomic E-state index is -0.911. The highest BCUT2D eigenvalue weighted by atomic mass is 32.1. The summed E-state index contributed by atoms with van der Waals surface area (Å²) in [6.07, 6.45) is 5.14. The van der Waals surface area contributed by atoms with Gasteiger partial charge in [0, 0.05) is 28.4 Å². The molecule has 1 aromatic carbocycles. The van der Waals surface area contributed by atoms with E-state index in [1.165, 1.54) is 4.88 Å². The Labute approximate surface area is 180 Å². The maximum Gasteiger partial charge on any atom is 0.271 e. The van der Waals surface area contributed by atoms with Gasteiger partial charge in [0.15, 0.2) is 0 Å². The second kappa shape index (κ2) is 7.58. The van der Waals surface area contributed by atoms with E-state index in [1.54, 1.807) is 11.3 Å². The maximum absolute atomic E-state index is 13.6. The number of thiophene rings is 1. The van der Waals surface area contributed by atoms with E-state index in [2.05, 4.69) is 16.8 Å². The first-order chi connectivity index (χ1) is 14.6. The Hall–Kier alpha value is -2.60. The quantitative estimate of drug-likeness (QED) is 0.671. The second-order valence-corrected chi connectivity index (χ2v) is 9.72. The molecule has 156 valence electrons. The van der Waals surface area contributed by atoms with E-state index in [1.807, 2.05) is 52.8 Å². The van der Waals surface area contributed by atoms with Crippen molar-refractivity contribution in [2.75, 3.05) is 6.54 Å². The van der Waals surface area contributed by atoms with E-state index in [0.717, 1.165) is 43.0 Å². The summed E-state index contributed by atoms with van der Waals surface area (Å²) in [5.41, 5.74) is 0.776. The molecule has 0 bridgehead atoms. The van der Waals surface area contributed by atoms with Gasteiger partial charge in [0.05, 0.1) is 6.54 Å². The summed E-state index contributed by atoms with van der Waals surface area (Å²) in [5, 5.41) is 6.35. The van der Waals surface area contributed by atoms with Crippen LogP contribution in [-0.4, -0.2) is 39.4 Å². The summed E-state index contributed by atoms with van der Waals surface area (Å²) in [5.74, 6) is -0.0876. The molecule has 1 aliphatic carbocycles. The molecule has 1 atom stereocenters. The Morgan fingerprint density at radius 1 is 1.20 bits per heavy atom. The molecule has 30 heavy (non-hydrogen) atoms. The van der Waals surface area contributed by atoms with E-state index >= 15 is 0 Å². The van der Waals surface area contributed by atoms with E-state index in [0.29, 0.717) is 18.8 Å². The predicted molar refractivity (Wildman–Crippen MR) is 120 cm³/mol. The normalized spacial score (nSPS) is 21.9. The van der Waals surface area contributed by atoms with E-state index < -0.39 is 5.54 Å². The van der Waals surface area contributed by atoms with Gasteiger partial charge >= 0.3 is 0 Å². The lowest BCUT2D eigenvalue weighted by molar-refractivity contribution is -0.133. The molecule has 1 aliphatic heterocycles. The Morgan fingerprint density at radius 3 is 2.77 bits per heavy atom. The molecule has 1 fully saturated rings. The third-order valence-electron chi connectivity index (χ3n) is 6.68. The number of benzene rings is 1. The van der Waals surface area contributed by atoms with Crippen LogP contribution in [0.4, 0.5) is 0 Å². The van der Waals surface area contributed by atoms with Gasteiger partial charge in [-0.15, -0.1) is 11.3 Å². The number of nitrogens with zero attached hydrogens (tertiary/aromatic N) is 2. The number of amides is 2. The number of para-hydroxylation sites is 1. The SMILES string of the molecule is C[C@]1(C(=O)NC2CCCC2)Cn2c(cc3ccccc32)C(=O)N1CCc1cccs1. The first-order valence-electron chi connectivity index (χ1n) is 10.8. The molecule has 3 aromatic rings. The van der Waals surface area contributed by atoms with Gasteiger partial charge in [0.1, 0.15) is 11.2 Å². The van der Waals surface area contributed by atoms with Gasteiger partial charge in [-0.1, -0.05) is 37.1 Å². The molecule has 2 amide bonds. The van der Waals surface area contributed by atoms with Crippen LogP contribution in [0.3, 0.4) is 0 Å². The van der Waals surface area contributed by atoms with Crippen molar-refractivity contribution >= 4 is 34.1 Å². The number of rotatable bonds is 5. The zero-order chi connectivity index (χ0) is 20.7. The van der Waals surface area contributed by atoms with Crippen LogP contribution in [0.1, 0.15) is 48.0 Å². The summed E-state index contributed by atoms with van der Waals surface area (Å²) in [4.78, 5) is 30.2. The Kier molecular flexibility index (Phi) is 4.89. The molecule has 0 saturated heterocycles. The molecule has 5 nitrogen and oxygen atoms in total. The molecule has 1 saturated carbocycles. The second-order valence-electron chi connectivity index (χ2n) is 8.69. The number of nitrogens with one attached hydrogen (secondary N) is 1. The molecule has 2 aromatic heterocycles. The lowest BCUT2D eigenvalue weighted by atomic mass is 9.93. The van der Waals surface area contributed by atoms with Crippen molar-refractivity contribution in [2.45, 2.75) is 57.2 Å². The maximum atomic E-state index is 13.6. The molecule has 5 rings (SSSR count). The van der Waals surface area contributed by atoms with Crippen LogP contribution in [0.15, 0.2) is 47.8 Å². The van der Waals surface area contributed by atoms with E-state index in [4.69, 9.17) is 0 Å². The fraction of sp³-hybridized carbons (Fsp3) is 0.417. The molecule has 6 heteroatoms. The zero-order valence-corrected chi connectivity index (χ0v) is 18.1. The van der Waals surface area contributed by atoms with Crippen molar-refractivity contribution in [1.82, 2.24) is 14.8 Å². The first kappa shape index (κ1) is 19.4. The van der Waals surface area contributed by atoms with Gasteiger partial charge in [0.2, 0.25) is 5.91 Å². The summed E-state index contributed by atoms with van der Waals surface area (Å²) in [6.45, 7) is 2.95. The number of hydrogen-bond acceptors (Lipinski definition) is 3. The third kappa shape index (κ3) is 3.23. The molecular formula is C24H27N3O2S. The van der Waals surface area contributed by atoms with Gasteiger partial charge in [-0.3, -0.25) is 9.59 Å². The number of hydrogen-bond donors (Lipinski definition) is 1. The first-order valence-corrected chi connectivity index (χ1v) is 11.7. The summed E-state index contributed by atoms with van der Waals surface area (Å²) >= 11 is 1.69. The zero-order valence-electron chi connectivity index (χ0n) is 17.3. The average molecular weight is 422 g/mol. The Balaban J connectivity index is 1.52. The Morgan fingerprint density at radius 2 is 2.00 bits per heavy atom. The fourth-order valence-corrected chi connectivity index (χ4v) is 5.64. The molecule has 2 aliphatic rings. The van der Waals surface area contributed by atoms with Crippen molar-refractivity contribution in [1.29, 1.82) is 0 Å². The fourth-order valence-electron chi connectivity index (χ4n) is 4.94. The van der Waals surface area contributed by atoms with Crippen LogP contribution in [0, 0.1) is 0 Å². The summed E-state index contributed by atoms with van der Waals surface area (Å²) in [6, 6.07) is 14.3.